The van der Waals surface area contributed by atoms with Gasteiger partial charge in [-0.1, -0.05) is 11.6 Å². The van der Waals surface area contributed by atoms with Crippen LogP contribution in [0.25, 0.3) is 10.9 Å². The van der Waals surface area contributed by atoms with Gasteiger partial charge in [-0.25, -0.2) is 4.98 Å². The molecule has 0 atom stereocenters. The van der Waals surface area contributed by atoms with Crippen molar-refractivity contribution in [3.8, 4) is 0 Å². The van der Waals surface area contributed by atoms with Gasteiger partial charge in [0.05, 0.1) is 22.4 Å². The fourth-order valence-electron chi connectivity index (χ4n) is 1.80. The van der Waals surface area contributed by atoms with Crippen LogP contribution in [0.1, 0.15) is 11.3 Å². The van der Waals surface area contributed by atoms with Gasteiger partial charge < -0.3 is 0 Å². The van der Waals surface area contributed by atoms with Gasteiger partial charge in [-0.2, -0.15) is 5.10 Å². The minimum Gasteiger partial charge on any atom is -0.256 e. The number of aryl methyl sites for hydroxylation is 1. The highest BCUT2D eigenvalue weighted by Gasteiger charge is 2.04. The van der Waals surface area contributed by atoms with Gasteiger partial charge in [-0.3, -0.25) is 10.4 Å². The summed E-state index contributed by atoms with van der Waals surface area (Å²) in [6, 6.07) is 7.64. The smallest absolute Gasteiger partial charge is 0.203 e. The van der Waals surface area contributed by atoms with Gasteiger partial charge in [0.25, 0.3) is 0 Å². The number of halogens is 1. The highest BCUT2D eigenvalue weighted by molar-refractivity contribution is 7.13. The minimum atomic E-state index is 0.650. The molecule has 0 aliphatic carbocycles. The van der Waals surface area contributed by atoms with Crippen molar-refractivity contribution < 1.29 is 0 Å². The van der Waals surface area contributed by atoms with Crippen molar-refractivity contribution in [2.45, 2.75) is 6.92 Å². The first-order valence-corrected chi connectivity index (χ1v) is 7.24. The lowest BCUT2D eigenvalue weighted by Gasteiger charge is -2.02. The molecule has 20 heavy (non-hydrogen) atoms. The van der Waals surface area contributed by atoms with Gasteiger partial charge in [-0.05, 0) is 31.2 Å². The first kappa shape index (κ1) is 13.0. The number of benzene rings is 1. The van der Waals surface area contributed by atoms with Gasteiger partial charge in [0, 0.05) is 22.5 Å². The summed E-state index contributed by atoms with van der Waals surface area (Å²) in [4.78, 5) is 8.53. The maximum atomic E-state index is 6.36. The Morgan fingerprint density at radius 2 is 2.25 bits per heavy atom. The minimum absolute atomic E-state index is 0.650. The molecular formula is C14H11ClN4S. The predicted octanol–water partition coefficient (Wildman–Crippen LogP) is 4.10. The molecule has 2 aromatic heterocycles. The highest BCUT2D eigenvalue weighted by Crippen LogP contribution is 2.25. The van der Waals surface area contributed by atoms with Crippen LogP contribution in [0.5, 0.6) is 0 Å². The standard InChI is InChI=1S/C14H11ClN4S/c1-9-8-20-14(18-9)19-17-7-10-4-5-12-11(13(10)15)3-2-6-16-12/h2-8H,1H3,(H,18,19). The summed E-state index contributed by atoms with van der Waals surface area (Å²) < 4.78 is 0. The second-order valence-corrected chi connectivity index (χ2v) is 5.44. The van der Waals surface area contributed by atoms with Gasteiger partial charge in [0.1, 0.15) is 0 Å². The molecule has 0 fully saturated rings. The number of rotatable bonds is 3. The Kier molecular flexibility index (Phi) is 3.62. The maximum absolute atomic E-state index is 6.36. The lowest BCUT2D eigenvalue weighted by molar-refractivity contribution is 1.22. The van der Waals surface area contributed by atoms with Crippen molar-refractivity contribution >= 4 is 45.2 Å². The van der Waals surface area contributed by atoms with E-state index in [4.69, 9.17) is 11.6 Å². The summed E-state index contributed by atoms with van der Waals surface area (Å²) in [6.07, 6.45) is 3.43. The summed E-state index contributed by atoms with van der Waals surface area (Å²) in [5.41, 5.74) is 5.58. The maximum Gasteiger partial charge on any atom is 0.203 e. The van der Waals surface area contributed by atoms with E-state index in [1.54, 1.807) is 12.4 Å². The van der Waals surface area contributed by atoms with Gasteiger partial charge in [0.2, 0.25) is 5.13 Å². The first-order valence-electron chi connectivity index (χ1n) is 5.98. The van der Waals surface area contributed by atoms with Crippen LogP contribution in [0.15, 0.2) is 40.9 Å². The van der Waals surface area contributed by atoms with Gasteiger partial charge >= 0.3 is 0 Å². The van der Waals surface area contributed by atoms with Crippen LogP contribution >= 0.6 is 22.9 Å². The van der Waals surface area contributed by atoms with E-state index in [2.05, 4.69) is 20.5 Å². The van der Waals surface area contributed by atoms with E-state index in [1.165, 1.54) is 11.3 Å². The van der Waals surface area contributed by atoms with Crippen LogP contribution in [-0.2, 0) is 0 Å². The van der Waals surface area contributed by atoms with Crippen molar-refractivity contribution in [2.24, 2.45) is 5.10 Å². The van der Waals surface area contributed by atoms with E-state index in [-0.39, 0.29) is 0 Å². The zero-order valence-electron chi connectivity index (χ0n) is 10.7. The zero-order chi connectivity index (χ0) is 13.9. The summed E-state index contributed by atoms with van der Waals surface area (Å²) in [5.74, 6) is 0. The molecular weight excluding hydrogens is 292 g/mol. The number of aromatic nitrogens is 2. The molecule has 0 radical (unpaired) electrons. The number of fused-ring (bicyclic) bond motifs is 1. The Labute approximate surface area is 125 Å². The predicted molar refractivity (Wildman–Crippen MR) is 84.8 cm³/mol. The van der Waals surface area contributed by atoms with E-state index in [0.717, 1.165) is 27.3 Å². The topological polar surface area (TPSA) is 50.2 Å². The zero-order valence-corrected chi connectivity index (χ0v) is 12.2. The van der Waals surface area contributed by atoms with Crippen LogP contribution in [0.2, 0.25) is 5.02 Å². The second kappa shape index (κ2) is 5.56. The fourth-order valence-corrected chi connectivity index (χ4v) is 2.70. The van der Waals surface area contributed by atoms with Crippen LogP contribution in [0, 0.1) is 6.92 Å². The molecule has 0 amide bonds. The molecule has 0 aliphatic rings. The Hall–Kier alpha value is -1.98. The normalized spacial score (nSPS) is 11.3. The number of hydrazone groups is 1. The van der Waals surface area contributed by atoms with Crippen LogP contribution in [-0.4, -0.2) is 16.2 Å². The summed E-state index contributed by atoms with van der Waals surface area (Å²) in [5, 5.41) is 8.46. The number of pyridine rings is 1. The van der Waals surface area contributed by atoms with Crippen LogP contribution < -0.4 is 5.43 Å². The first-order chi connectivity index (χ1) is 9.74. The van der Waals surface area contributed by atoms with E-state index in [1.807, 2.05) is 36.6 Å². The third-order valence-corrected chi connectivity index (χ3v) is 4.02. The monoisotopic (exact) mass is 302 g/mol. The van der Waals surface area contributed by atoms with Gasteiger partial charge in [-0.15, -0.1) is 11.3 Å². The van der Waals surface area contributed by atoms with E-state index < -0.39 is 0 Å². The van der Waals surface area contributed by atoms with Crippen molar-refractivity contribution in [1.82, 2.24) is 9.97 Å². The molecule has 3 aromatic rings. The molecule has 2 heterocycles. The van der Waals surface area contributed by atoms with E-state index in [9.17, 15) is 0 Å². The van der Waals surface area contributed by atoms with Crippen molar-refractivity contribution in [3.63, 3.8) is 0 Å². The molecule has 1 N–H and O–H groups in total. The van der Waals surface area contributed by atoms with Crippen LogP contribution in [0.3, 0.4) is 0 Å². The quantitative estimate of drug-likeness (QED) is 0.585. The van der Waals surface area contributed by atoms with E-state index in [0.29, 0.717) is 5.02 Å². The fraction of sp³-hybridized carbons (Fsp3) is 0.0714. The number of hydrogen-bond acceptors (Lipinski definition) is 5. The number of nitrogens with zero attached hydrogens (tertiary/aromatic N) is 3. The molecule has 0 unspecified atom stereocenters. The molecule has 0 aliphatic heterocycles. The van der Waals surface area contributed by atoms with Crippen molar-refractivity contribution in [2.75, 3.05) is 5.43 Å². The molecule has 0 saturated carbocycles. The molecule has 0 saturated heterocycles. The average molecular weight is 303 g/mol. The number of hydrogen-bond donors (Lipinski definition) is 1. The molecule has 3 rings (SSSR count). The van der Waals surface area contributed by atoms with Crippen LogP contribution in [0.4, 0.5) is 5.13 Å². The largest absolute Gasteiger partial charge is 0.256 e. The number of thiazole rings is 1. The molecule has 100 valence electrons. The van der Waals surface area contributed by atoms with E-state index >= 15 is 0 Å². The molecule has 0 bridgehead atoms. The lowest BCUT2D eigenvalue weighted by atomic mass is 10.1. The Morgan fingerprint density at radius 1 is 1.35 bits per heavy atom. The molecule has 1 aromatic carbocycles. The molecule has 4 nitrogen and oxygen atoms in total. The van der Waals surface area contributed by atoms with Crippen molar-refractivity contribution in [1.29, 1.82) is 0 Å². The van der Waals surface area contributed by atoms with Gasteiger partial charge in [0.15, 0.2) is 0 Å². The number of anilines is 1. The lowest BCUT2D eigenvalue weighted by Crippen LogP contribution is -1.92. The summed E-state index contributed by atoms with van der Waals surface area (Å²) in [7, 11) is 0. The SMILES string of the molecule is Cc1csc(NN=Cc2ccc3ncccc3c2Cl)n1. The summed E-state index contributed by atoms with van der Waals surface area (Å²) >= 11 is 7.87. The molecule has 0 spiro atoms. The van der Waals surface area contributed by atoms with Crippen molar-refractivity contribution in [3.05, 3.63) is 52.1 Å². The Morgan fingerprint density at radius 3 is 3.05 bits per heavy atom. The summed E-state index contributed by atoms with van der Waals surface area (Å²) in [6.45, 7) is 1.94. The molecule has 6 heteroatoms. The third-order valence-electron chi connectivity index (χ3n) is 2.73. The third kappa shape index (κ3) is 2.64. The average Bonchev–Trinajstić information content (AvgIpc) is 2.87. The number of nitrogens with one attached hydrogen (secondary N) is 1. The second-order valence-electron chi connectivity index (χ2n) is 4.20. The Balaban J connectivity index is 1.85. The Bertz CT molecular complexity index is 782. The highest BCUT2D eigenvalue weighted by atomic mass is 35.5.